The van der Waals surface area contributed by atoms with Gasteiger partial charge in [-0.3, -0.25) is 13.9 Å². The van der Waals surface area contributed by atoms with Crippen LogP contribution in [-0.4, -0.2) is 58.1 Å². The zero-order chi connectivity index (χ0) is 19.0. The zero-order valence-electron chi connectivity index (χ0n) is 14.7. The Labute approximate surface area is 150 Å². The van der Waals surface area contributed by atoms with Gasteiger partial charge in [0.15, 0.2) is 11.5 Å². The number of nitrogens with zero attached hydrogens (tertiary/aromatic N) is 4. The third kappa shape index (κ3) is 5.46. The predicted octanol–water partition coefficient (Wildman–Crippen LogP) is 1.19. The molecule has 11 nitrogen and oxygen atoms in total. The molecule has 0 aliphatic heterocycles. The summed E-state index contributed by atoms with van der Waals surface area (Å²) in [6.45, 7) is 3.99. The lowest BCUT2D eigenvalue weighted by molar-refractivity contribution is -0.142. The Bertz CT molecular complexity index is 772. The standard InChI is InChI=1S/C14H22N5O6P/c1-3-24-26(21,25-4-2)7-11(20)23-6-5-22-10-19-9-18-12-13(15)16-8-17-14(12)19/h8-9H,3-7,10H2,1-2H3,(H2,15,16,17). The molecule has 0 atom stereocenters. The summed E-state index contributed by atoms with van der Waals surface area (Å²) in [7, 11) is -3.46. The highest BCUT2D eigenvalue weighted by Gasteiger charge is 2.28. The first-order valence-electron chi connectivity index (χ1n) is 8.02. The minimum Gasteiger partial charge on any atom is -0.463 e. The second kappa shape index (κ2) is 9.58. The number of rotatable bonds is 11. The Kier molecular flexibility index (Phi) is 7.46. The van der Waals surface area contributed by atoms with Gasteiger partial charge in [-0.15, -0.1) is 0 Å². The van der Waals surface area contributed by atoms with E-state index in [2.05, 4.69) is 15.0 Å². The molecule has 0 unspecified atom stereocenters. The maximum absolute atomic E-state index is 12.2. The van der Waals surface area contributed by atoms with Crippen molar-refractivity contribution in [2.24, 2.45) is 0 Å². The lowest BCUT2D eigenvalue weighted by Gasteiger charge is -2.16. The van der Waals surface area contributed by atoms with Crippen LogP contribution in [0.5, 0.6) is 0 Å². The summed E-state index contributed by atoms with van der Waals surface area (Å²) >= 11 is 0. The first-order chi connectivity index (χ1) is 12.5. The minimum absolute atomic E-state index is 0.000829. The van der Waals surface area contributed by atoms with Crippen LogP contribution in [0.4, 0.5) is 5.82 Å². The fourth-order valence-electron chi connectivity index (χ4n) is 2.10. The molecule has 2 aromatic rings. The largest absolute Gasteiger partial charge is 0.463 e. The van der Waals surface area contributed by atoms with Gasteiger partial charge < -0.3 is 24.3 Å². The Morgan fingerprint density at radius 3 is 2.62 bits per heavy atom. The summed E-state index contributed by atoms with van der Waals surface area (Å²) in [6, 6.07) is 0. The van der Waals surface area contributed by atoms with E-state index in [1.54, 1.807) is 18.4 Å². The molecule has 0 saturated heterocycles. The van der Waals surface area contributed by atoms with E-state index >= 15 is 0 Å². The number of nitrogens with two attached hydrogens (primary N) is 1. The van der Waals surface area contributed by atoms with Gasteiger partial charge in [0.05, 0.1) is 26.1 Å². The van der Waals surface area contributed by atoms with Crippen molar-refractivity contribution < 1.29 is 27.9 Å². The second-order valence-electron chi connectivity index (χ2n) is 5.01. The van der Waals surface area contributed by atoms with E-state index in [0.29, 0.717) is 11.2 Å². The van der Waals surface area contributed by atoms with E-state index in [0.717, 1.165) is 0 Å². The Morgan fingerprint density at radius 2 is 1.92 bits per heavy atom. The Hall–Kier alpha value is -2.07. The number of hydrogen-bond acceptors (Lipinski definition) is 10. The van der Waals surface area contributed by atoms with E-state index < -0.39 is 19.7 Å². The molecule has 144 valence electrons. The van der Waals surface area contributed by atoms with Crippen molar-refractivity contribution in [2.75, 3.05) is 38.3 Å². The highest BCUT2D eigenvalue weighted by atomic mass is 31.2. The molecule has 0 saturated carbocycles. The van der Waals surface area contributed by atoms with Crippen molar-refractivity contribution in [3.63, 3.8) is 0 Å². The number of esters is 1. The first kappa shape index (κ1) is 20.2. The molecule has 0 aliphatic carbocycles. The van der Waals surface area contributed by atoms with Crippen LogP contribution in [0, 0.1) is 0 Å². The SMILES string of the molecule is CCOP(=O)(CC(=O)OCCOCn1cnc2c(N)ncnc21)OCC. The van der Waals surface area contributed by atoms with Crippen LogP contribution in [0.15, 0.2) is 12.7 Å². The summed E-state index contributed by atoms with van der Waals surface area (Å²) < 4.78 is 34.3. The molecule has 26 heavy (non-hydrogen) atoms. The number of carbonyl (C=O) groups excluding carboxylic acids is 1. The minimum atomic E-state index is -3.46. The van der Waals surface area contributed by atoms with Crippen molar-refractivity contribution in [3.8, 4) is 0 Å². The first-order valence-corrected chi connectivity index (χ1v) is 9.74. The molecule has 0 aliphatic rings. The van der Waals surface area contributed by atoms with Crippen molar-refractivity contribution >= 4 is 30.5 Å². The van der Waals surface area contributed by atoms with Gasteiger partial charge in [0.2, 0.25) is 0 Å². The third-order valence-electron chi connectivity index (χ3n) is 3.12. The summed E-state index contributed by atoms with van der Waals surface area (Å²) in [5.41, 5.74) is 6.74. The van der Waals surface area contributed by atoms with Crippen LogP contribution in [0.1, 0.15) is 13.8 Å². The monoisotopic (exact) mass is 387 g/mol. The average Bonchev–Trinajstić information content (AvgIpc) is 2.99. The van der Waals surface area contributed by atoms with Crippen molar-refractivity contribution in [3.05, 3.63) is 12.7 Å². The van der Waals surface area contributed by atoms with E-state index in [1.165, 1.54) is 12.7 Å². The molecule has 0 spiro atoms. The van der Waals surface area contributed by atoms with Crippen LogP contribution in [0.25, 0.3) is 11.2 Å². The molecule has 0 bridgehead atoms. The number of carbonyl (C=O) groups is 1. The van der Waals surface area contributed by atoms with Crippen LogP contribution in [0.3, 0.4) is 0 Å². The maximum atomic E-state index is 12.2. The summed E-state index contributed by atoms with van der Waals surface area (Å²) in [4.78, 5) is 23.8. The van der Waals surface area contributed by atoms with Gasteiger partial charge in [-0.1, -0.05) is 0 Å². The molecule has 2 aromatic heterocycles. The van der Waals surface area contributed by atoms with E-state index in [4.69, 9.17) is 24.3 Å². The Balaban J connectivity index is 1.73. The van der Waals surface area contributed by atoms with Crippen LogP contribution >= 0.6 is 7.60 Å². The number of ether oxygens (including phenoxy) is 2. The number of hydrogen-bond donors (Lipinski definition) is 1. The molecular formula is C14H22N5O6P. The van der Waals surface area contributed by atoms with Gasteiger partial charge in [0, 0.05) is 0 Å². The number of aromatic nitrogens is 4. The lowest BCUT2D eigenvalue weighted by Crippen LogP contribution is -2.16. The molecule has 0 fully saturated rings. The third-order valence-corrected chi connectivity index (χ3v) is 5.07. The van der Waals surface area contributed by atoms with Crippen molar-refractivity contribution in [1.82, 2.24) is 19.5 Å². The zero-order valence-corrected chi connectivity index (χ0v) is 15.6. The normalized spacial score (nSPS) is 11.8. The van der Waals surface area contributed by atoms with Gasteiger partial charge in [-0.25, -0.2) is 15.0 Å². The molecule has 0 aromatic carbocycles. The fourth-order valence-corrected chi connectivity index (χ4v) is 3.55. The quantitative estimate of drug-likeness (QED) is 0.339. The average molecular weight is 387 g/mol. The number of fused-ring (bicyclic) bond motifs is 1. The summed E-state index contributed by atoms with van der Waals surface area (Å²) in [5.74, 6) is -0.386. The van der Waals surface area contributed by atoms with E-state index in [1.807, 2.05) is 0 Å². The Morgan fingerprint density at radius 1 is 1.19 bits per heavy atom. The molecule has 2 rings (SSSR count). The lowest BCUT2D eigenvalue weighted by atomic mass is 10.5. The molecule has 12 heteroatoms. The van der Waals surface area contributed by atoms with E-state index in [9.17, 15) is 9.36 Å². The number of anilines is 1. The highest BCUT2D eigenvalue weighted by molar-refractivity contribution is 7.54. The van der Waals surface area contributed by atoms with Crippen LogP contribution in [-0.2, 0) is 34.6 Å². The predicted molar refractivity (Wildman–Crippen MR) is 92.4 cm³/mol. The summed E-state index contributed by atoms with van der Waals surface area (Å²) in [5, 5.41) is 0. The van der Waals surface area contributed by atoms with Gasteiger partial charge in [0.1, 0.15) is 31.3 Å². The molecule has 0 amide bonds. The smallest absolute Gasteiger partial charge is 0.341 e. The fraction of sp³-hybridized carbons (Fsp3) is 0.571. The van der Waals surface area contributed by atoms with E-state index in [-0.39, 0.29) is 39.0 Å². The van der Waals surface area contributed by atoms with Gasteiger partial charge in [-0.2, -0.15) is 0 Å². The van der Waals surface area contributed by atoms with Crippen molar-refractivity contribution in [1.29, 1.82) is 0 Å². The number of nitrogen functional groups attached to an aromatic ring is 1. The highest BCUT2D eigenvalue weighted by Crippen LogP contribution is 2.47. The van der Waals surface area contributed by atoms with Gasteiger partial charge in [0.25, 0.3) is 0 Å². The van der Waals surface area contributed by atoms with Crippen LogP contribution in [0.2, 0.25) is 0 Å². The molecular weight excluding hydrogens is 365 g/mol. The summed E-state index contributed by atoms with van der Waals surface area (Å²) in [6.07, 6.45) is 2.44. The second-order valence-corrected chi connectivity index (χ2v) is 7.06. The van der Waals surface area contributed by atoms with Crippen LogP contribution < -0.4 is 5.73 Å². The maximum Gasteiger partial charge on any atom is 0.341 e. The molecule has 2 N–H and O–H groups in total. The topological polar surface area (TPSA) is 141 Å². The van der Waals surface area contributed by atoms with Gasteiger partial charge in [-0.05, 0) is 13.8 Å². The molecule has 2 heterocycles. The van der Waals surface area contributed by atoms with Gasteiger partial charge >= 0.3 is 13.6 Å². The molecule has 0 radical (unpaired) electrons. The number of imidazole rings is 1. The van der Waals surface area contributed by atoms with Crippen molar-refractivity contribution in [2.45, 2.75) is 20.6 Å².